The summed E-state index contributed by atoms with van der Waals surface area (Å²) in [6, 6.07) is 10.1. The van der Waals surface area contributed by atoms with E-state index in [0.29, 0.717) is 46.6 Å². The molecule has 0 radical (unpaired) electrons. The SMILES string of the molecule is COc1cc(C2C(C(=O)O[C@@H]3C[C@@H]4[C@@H](CN(C)C[C@H]4C)[C@@H]3C)C(c3ccc(O)c(OC)c3)C2C(=O)O[C@@H]2C[C@@H]3[C@@H](CN(C)C[C@H]3C)[C@@H]2C)ccc1O. The number of phenolic OH excluding ortho intramolecular Hbond substituents is 2. The summed E-state index contributed by atoms with van der Waals surface area (Å²) in [7, 11) is 7.31. The Labute approximate surface area is 308 Å². The van der Waals surface area contributed by atoms with Gasteiger partial charge in [-0.3, -0.25) is 9.59 Å². The molecule has 0 amide bonds. The molecular formula is C42H58N2O8. The fraction of sp³-hybridized carbons (Fsp3) is 0.667. The van der Waals surface area contributed by atoms with Crippen molar-refractivity contribution in [2.75, 3.05) is 54.5 Å². The fourth-order valence-corrected chi connectivity index (χ4v) is 11.4. The molecule has 2 saturated heterocycles. The molecule has 5 fully saturated rings. The fourth-order valence-electron chi connectivity index (χ4n) is 11.4. The van der Waals surface area contributed by atoms with E-state index in [4.69, 9.17) is 18.9 Å². The summed E-state index contributed by atoms with van der Waals surface area (Å²) in [6.45, 7) is 13.1. The van der Waals surface area contributed by atoms with Gasteiger partial charge in [-0.15, -0.1) is 0 Å². The second-order valence-electron chi connectivity index (χ2n) is 17.2. The van der Waals surface area contributed by atoms with Gasteiger partial charge in [-0.25, -0.2) is 0 Å². The molecule has 3 aliphatic carbocycles. The van der Waals surface area contributed by atoms with Crippen LogP contribution in [-0.2, 0) is 19.1 Å². The third-order valence-corrected chi connectivity index (χ3v) is 14.1. The number of rotatable bonds is 8. The number of carbonyl (C=O) groups excluding carboxylic acids is 2. The zero-order valence-electron chi connectivity index (χ0n) is 32.0. The number of methoxy groups -OCH3 is 2. The van der Waals surface area contributed by atoms with Gasteiger partial charge in [-0.1, -0.05) is 39.8 Å². The molecule has 2 aromatic rings. The van der Waals surface area contributed by atoms with E-state index < -0.39 is 23.7 Å². The lowest BCUT2D eigenvalue weighted by atomic mass is 9.52. The Bertz CT molecular complexity index is 1520. The second kappa shape index (κ2) is 14.4. The topological polar surface area (TPSA) is 118 Å². The van der Waals surface area contributed by atoms with E-state index in [1.165, 1.54) is 14.2 Å². The number of hydrogen-bond donors (Lipinski definition) is 2. The Hall–Kier alpha value is -3.50. The van der Waals surface area contributed by atoms with E-state index in [0.717, 1.165) is 39.0 Å². The molecule has 0 spiro atoms. The van der Waals surface area contributed by atoms with E-state index in [9.17, 15) is 19.8 Å². The van der Waals surface area contributed by atoms with E-state index in [1.54, 1.807) is 36.4 Å². The molecule has 0 bridgehead atoms. The number of hydrogen-bond acceptors (Lipinski definition) is 10. The summed E-state index contributed by atoms with van der Waals surface area (Å²) < 4.78 is 24.1. The van der Waals surface area contributed by atoms with Crippen LogP contribution in [0.15, 0.2) is 36.4 Å². The van der Waals surface area contributed by atoms with Crippen molar-refractivity contribution in [3.05, 3.63) is 47.5 Å². The summed E-state index contributed by atoms with van der Waals surface area (Å²) in [5, 5.41) is 21.1. The minimum Gasteiger partial charge on any atom is -0.504 e. The van der Waals surface area contributed by atoms with Crippen LogP contribution in [0.25, 0.3) is 0 Å². The minimum atomic E-state index is -0.728. The molecule has 2 aliphatic heterocycles. The van der Waals surface area contributed by atoms with Crippen LogP contribution >= 0.6 is 0 Å². The number of phenols is 2. The lowest BCUT2D eigenvalue weighted by molar-refractivity contribution is -0.175. The monoisotopic (exact) mass is 718 g/mol. The van der Waals surface area contributed by atoms with Crippen LogP contribution in [0.1, 0.15) is 63.5 Å². The Morgan fingerprint density at radius 3 is 1.37 bits per heavy atom. The zero-order chi connectivity index (χ0) is 37.2. The first-order valence-corrected chi connectivity index (χ1v) is 19.3. The number of carbonyl (C=O) groups is 2. The van der Waals surface area contributed by atoms with Gasteiger partial charge >= 0.3 is 11.9 Å². The molecule has 10 atom stereocenters. The molecule has 10 nitrogen and oxygen atoms in total. The zero-order valence-corrected chi connectivity index (χ0v) is 32.0. The van der Waals surface area contributed by atoms with Gasteiger partial charge in [0.1, 0.15) is 12.2 Å². The molecule has 2 heterocycles. The first-order valence-electron chi connectivity index (χ1n) is 19.3. The lowest BCUT2D eigenvalue weighted by Crippen LogP contribution is -2.53. The number of piperidine rings is 2. The predicted molar refractivity (Wildman–Crippen MR) is 196 cm³/mol. The van der Waals surface area contributed by atoms with E-state index in [1.807, 2.05) is 0 Å². The highest BCUT2D eigenvalue weighted by Crippen LogP contribution is 2.60. The molecular weight excluding hydrogens is 660 g/mol. The predicted octanol–water partition coefficient (Wildman–Crippen LogP) is 5.76. The van der Waals surface area contributed by atoms with Crippen molar-refractivity contribution >= 4 is 11.9 Å². The Kier molecular flexibility index (Phi) is 10.2. The molecule has 0 unspecified atom stereocenters. The van der Waals surface area contributed by atoms with Gasteiger partial charge in [0.05, 0.1) is 26.1 Å². The highest BCUT2D eigenvalue weighted by Gasteiger charge is 2.61. The molecule has 284 valence electrons. The summed E-state index contributed by atoms with van der Waals surface area (Å²) in [6.07, 6.45) is 1.20. The van der Waals surface area contributed by atoms with Gasteiger partial charge in [0, 0.05) is 38.0 Å². The summed E-state index contributed by atoms with van der Waals surface area (Å²) in [5.41, 5.74) is 1.40. The smallest absolute Gasteiger partial charge is 0.310 e. The highest BCUT2D eigenvalue weighted by molar-refractivity contribution is 5.86. The Balaban J connectivity index is 1.24. The molecule has 10 heteroatoms. The number of aromatic hydroxyl groups is 2. The maximum atomic E-state index is 14.7. The van der Waals surface area contributed by atoms with Crippen LogP contribution in [-0.4, -0.2) is 98.7 Å². The maximum Gasteiger partial charge on any atom is 0.310 e. The van der Waals surface area contributed by atoms with Gasteiger partial charge in [0.15, 0.2) is 23.0 Å². The van der Waals surface area contributed by atoms with Crippen molar-refractivity contribution < 1.29 is 38.7 Å². The van der Waals surface area contributed by atoms with Gasteiger partial charge in [0.25, 0.3) is 0 Å². The molecule has 3 saturated carbocycles. The van der Waals surface area contributed by atoms with Crippen LogP contribution in [0, 0.1) is 59.2 Å². The van der Waals surface area contributed by atoms with Gasteiger partial charge in [-0.05, 0) is 110 Å². The van der Waals surface area contributed by atoms with Crippen molar-refractivity contribution in [2.45, 2.75) is 64.6 Å². The maximum absolute atomic E-state index is 14.7. The lowest BCUT2D eigenvalue weighted by Gasteiger charge is -2.50. The van der Waals surface area contributed by atoms with Crippen molar-refractivity contribution in [3.63, 3.8) is 0 Å². The summed E-state index contributed by atoms with van der Waals surface area (Å²) in [5.74, 6) is 0.474. The number of nitrogens with zero attached hydrogens (tertiary/aromatic N) is 2. The second-order valence-corrected chi connectivity index (χ2v) is 17.2. The average Bonchev–Trinajstić information content (AvgIpc) is 3.57. The number of ether oxygens (including phenoxy) is 4. The summed E-state index contributed by atoms with van der Waals surface area (Å²) >= 11 is 0. The molecule has 0 aromatic heterocycles. The van der Waals surface area contributed by atoms with E-state index in [2.05, 4.69) is 51.6 Å². The molecule has 5 aliphatic rings. The quantitative estimate of drug-likeness (QED) is 0.327. The average molecular weight is 719 g/mol. The van der Waals surface area contributed by atoms with Gasteiger partial charge in [-0.2, -0.15) is 0 Å². The number of benzene rings is 2. The number of fused-ring (bicyclic) bond motifs is 2. The minimum absolute atomic E-state index is 0.0217. The van der Waals surface area contributed by atoms with Crippen LogP contribution in [0.2, 0.25) is 0 Å². The largest absolute Gasteiger partial charge is 0.504 e. The van der Waals surface area contributed by atoms with Crippen LogP contribution < -0.4 is 9.47 Å². The van der Waals surface area contributed by atoms with Gasteiger partial charge < -0.3 is 39.0 Å². The normalized spacial score (nSPS) is 38.8. The third-order valence-electron chi connectivity index (χ3n) is 14.1. The third kappa shape index (κ3) is 6.42. The van der Waals surface area contributed by atoms with Gasteiger partial charge in [0.2, 0.25) is 0 Å². The molecule has 2 aromatic carbocycles. The van der Waals surface area contributed by atoms with Crippen molar-refractivity contribution in [2.24, 2.45) is 59.2 Å². The first kappa shape index (κ1) is 36.8. The first-order chi connectivity index (χ1) is 24.8. The number of esters is 2. The van der Waals surface area contributed by atoms with Crippen LogP contribution in [0.3, 0.4) is 0 Å². The standard InChI is InChI=1S/C42H58N2O8/c1-21-17-43(5)19-29-23(3)33(15-27(21)29)51-41(47)39-37(25-9-11-31(45)35(13-25)49-7)40(38(39)26-10-12-32(46)36(14-26)50-8)42(48)52-34-16-28-22(2)18-44(6)20-30(28)24(34)4/h9-14,21-24,27-30,33-34,37-40,45-46H,15-20H2,1-8H3/t21-,22-,23+,24+,27+,28+,29+,30+,33-,34-,37?,38?,39?,40?/m1/s1. The highest BCUT2D eigenvalue weighted by atomic mass is 16.6. The van der Waals surface area contributed by atoms with Crippen LogP contribution in [0.4, 0.5) is 0 Å². The van der Waals surface area contributed by atoms with E-state index >= 15 is 0 Å². The van der Waals surface area contributed by atoms with E-state index in [-0.39, 0.29) is 59.0 Å². The molecule has 52 heavy (non-hydrogen) atoms. The van der Waals surface area contributed by atoms with Crippen LogP contribution in [0.5, 0.6) is 23.0 Å². The number of likely N-dealkylation sites (tertiary alicyclic amines) is 2. The summed E-state index contributed by atoms with van der Waals surface area (Å²) in [4.78, 5) is 34.3. The molecule has 7 rings (SSSR count). The van der Waals surface area contributed by atoms with Crippen molar-refractivity contribution in [3.8, 4) is 23.0 Å². The van der Waals surface area contributed by atoms with Crippen molar-refractivity contribution in [1.82, 2.24) is 9.80 Å². The Morgan fingerprint density at radius 2 is 1.00 bits per heavy atom. The van der Waals surface area contributed by atoms with Crippen molar-refractivity contribution in [1.29, 1.82) is 0 Å². The molecule has 2 N–H and O–H groups in total. The Morgan fingerprint density at radius 1 is 0.615 bits per heavy atom.